The molecule has 0 bridgehead atoms. The molecule has 2 N–H and O–H groups in total. The van der Waals surface area contributed by atoms with E-state index >= 15 is 0 Å². The summed E-state index contributed by atoms with van der Waals surface area (Å²) in [4.78, 5) is 11.5. The van der Waals surface area contributed by atoms with Gasteiger partial charge in [0.05, 0.1) is 19.0 Å². The van der Waals surface area contributed by atoms with E-state index in [4.69, 9.17) is 15.2 Å². The first-order chi connectivity index (χ1) is 9.20. The lowest BCUT2D eigenvalue weighted by Gasteiger charge is -2.05. The molecule has 0 radical (unpaired) electrons. The predicted octanol–water partition coefficient (Wildman–Crippen LogP) is 0.970. The van der Waals surface area contributed by atoms with E-state index in [0.717, 1.165) is 0 Å². The van der Waals surface area contributed by atoms with Crippen LogP contribution in [0.2, 0.25) is 0 Å². The largest absolute Gasteiger partial charge is 0.465 e. The van der Waals surface area contributed by atoms with Gasteiger partial charge in [-0.1, -0.05) is 0 Å². The van der Waals surface area contributed by atoms with Crippen molar-refractivity contribution >= 4 is 11.8 Å². The molecule has 2 heterocycles. The smallest absolute Gasteiger partial charge is 0.343 e. The van der Waals surface area contributed by atoms with Crippen LogP contribution in [-0.2, 0) is 4.74 Å². The minimum atomic E-state index is -0.524. The van der Waals surface area contributed by atoms with Gasteiger partial charge in [0.15, 0.2) is 11.5 Å². The molecule has 1 aromatic heterocycles. The highest BCUT2D eigenvalue weighted by Crippen LogP contribution is 2.34. The number of ether oxygens (including phenoxy) is 3. The summed E-state index contributed by atoms with van der Waals surface area (Å²) in [5.74, 6) is 0.977. The van der Waals surface area contributed by atoms with E-state index in [1.54, 1.807) is 18.2 Å². The number of aromatic nitrogens is 2. The predicted molar refractivity (Wildman–Crippen MR) is 65.4 cm³/mol. The second-order valence-electron chi connectivity index (χ2n) is 3.88. The normalized spacial score (nSPS) is 12.5. The van der Waals surface area contributed by atoms with Crippen LogP contribution in [0.4, 0.5) is 5.82 Å². The molecule has 0 atom stereocenters. The molecule has 7 heteroatoms. The monoisotopic (exact) mass is 261 g/mol. The van der Waals surface area contributed by atoms with Crippen molar-refractivity contribution in [2.75, 3.05) is 19.6 Å². The van der Waals surface area contributed by atoms with E-state index in [1.165, 1.54) is 18.0 Å². The molecule has 0 fully saturated rings. The highest BCUT2D eigenvalue weighted by molar-refractivity contribution is 5.94. The number of methoxy groups -OCH3 is 1. The fourth-order valence-electron chi connectivity index (χ4n) is 1.85. The van der Waals surface area contributed by atoms with Crippen molar-refractivity contribution < 1.29 is 19.0 Å². The lowest BCUT2D eigenvalue weighted by molar-refractivity contribution is 0.0602. The van der Waals surface area contributed by atoms with Crippen molar-refractivity contribution in [1.82, 2.24) is 9.78 Å². The minimum Gasteiger partial charge on any atom is -0.465 e. The van der Waals surface area contributed by atoms with Crippen LogP contribution in [0.5, 0.6) is 11.5 Å². The van der Waals surface area contributed by atoms with Crippen LogP contribution in [0.25, 0.3) is 5.69 Å². The first-order valence-corrected chi connectivity index (χ1v) is 5.52. The average molecular weight is 261 g/mol. The molecule has 0 spiro atoms. The maximum atomic E-state index is 11.5. The van der Waals surface area contributed by atoms with Gasteiger partial charge in [-0.15, -0.1) is 0 Å². The molecular formula is C12H11N3O4. The molecule has 3 rings (SSSR count). The Balaban J connectivity index is 2.03. The number of carbonyl (C=O) groups is 1. The SMILES string of the molecule is COC(=O)c1cnn(-c2ccc3c(c2)OCO3)c1N. The Morgan fingerprint density at radius 3 is 3.00 bits per heavy atom. The molecular weight excluding hydrogens is 250 g/mol. The number of carbonyl (C=O) groups excluding carboxylic acids is 1. The third kappa shape index (κ3) is 1.75. The van der Waals surface area contributed by atoms with Gasteiger partial charge < -0.3 is 19.9 Å². The summed E-state index contributed by atoms with van der Waals surface area (Å²) in [7, 11) is 1.29. The Labute approximate surface area is 108 Å². The van der Waals surface area contributed by atoms with Crippen LogP contribution >= 0.6 is 0 Å². The standard InChI is InChI=1S/C12H11N3O4/c1-17-12(16)8-5-14-15(11(8)13)7-2-3-9-10(4-7)19-6-18-9/h2-5H,6,13H2,1H3. The van der Waals surface area contributed by atoms with Crippen LogP contribution in [0.15, 0.2) is 24.4 Å². The zero-order valence-electron chi connectivity index (χ0n) is 10.1. The second kappa shape index (κ2) is 4.20. The van der Waals surface area contributed by atoms with Crippen molar-refractivity contribution in [2.45, 2.75) is 0 Å². The van der Waals surface area contributed by atoms with E-state index in [1.807, 2.05) is 0 Å². The van der Waals surface area contributed by atoms with Gasteiger partial charge in [0.25, 0.3) is 0 Å². The number of hydrogen-bond donors (Lipinski definition) is 1. The fraction of sp³-hybridized carbons (Fsp3) is 0.167. The lowest BCUT2D eigenvalue weighted by atomic mass is 10.2. The van der Waals surface area contributed by atoms with Gasteiger partial charge in [-0.2, -0.15) is 5.10 Å². The summed E-state index contributed by atoms with van der Waals surface area (Å²) in [6, 6.07) is 5.28. The highest BCUT2D eigenvalue weighted by atomic mass is 16.7. The molecule has 1 aliphatic heterocycles. The molecule has 0 unspecified atom stereocenters. The number of anilines is 1. The lowest BCUT2D eigenvalue weighted by Crippen LogP contribution is -2.07. The maximum Gasteiger partial charge on any atom is 0.343 e. The Kier molecular flexibility index (Phi) is 2.52. The van der Waals surface area contributed by atoms with E-state index < -0.39 is 5.97 Å². The third-order valence-corrected chi connectivity index (χ3v) is 2.81. The highest BCUT2D eigenvalue weighted by Gasteiger charge is 2.19. The van der Waals surface area contributed by atoms with E-state index in [9.17, 15) is 4.79 Å². The second-order valence-corrected chi connectivity index (χ2v) is 3.88. The number of esters is 1. The fourth-order valence-corrected chi connectivity index (χ4v) is 1.85. The molecule has 0 amide bonds. The summed E-state index contributed by atoms with van der Waals surface area (Å²) in [5.41, 5.74) is 6.78. The van der Waals surface area contributed by atoms with Gasteiger partial charge in [0.1, 0.15) is 11.4 Å². The summed E-state index contributed by atoms with van der Waals surface area (Å²) < 4.78 is 16.6. The van der Waals surface area contributed by atoms with E-state index in [-0.39, 0.29) is 18.2 Å². The summed E-state index contributed by atoms with van der Waals surface area (Å²) in [6.45, 7) is 0.195. The van der Waals surface area contributed by atoms with Crippen LogP contribution in [0.1, 0.15) is 10.4 Å². The van der Waals surface area contributed by atoms with E-state index in [2.05, 4.69) is 9.84 Å². The van der Waals surface area contributed by atoms with Gasteiger partial charge in [-0.05, 0) is 12.1 Å². The number of nitrogens with zero attached hydrogens (tertiary/aromatic N) is 2. The quantitative estimate of drug-likeness (QED) is 0.810. The topological polar surface area (TPSA) is 88.6 Å². The van der Waals surface area contributed by atoms with Crippen molar-refractivity contribution in [3.8, 4) is 17.2 Å². The molecule has 0 saturated heterocycles. The van der Waals surface area contributed by atoms with Crippen molar-refractivity contribution in [1.29, 1.82) is 0 Å². The van der Waals surface area contributed by atoms with Gasteiger partial charge >= 0.3 is 5.97 Å². The zero-order valence-corrected chi connectivity index (χ0v) is 10.1. The molecule has 1 aromatic carbocycles. The number of hydrogen-bond acceptors (Lipinski definition) is 6. The van der Waals surface area contributed by atoms with Gasteiger partial charge in [-0.25, -0.2) is 9.48 Å². The van der Waals surface area contributed by atoms with Crippen molar-refractivity contribution in [2.24, 2.45) is 0 Å². The third-order valence-electron chi connectivity index (χ3n) is 2.81. The number of rotatable bonds is 2. The van der Waals surface area contributed by atoms with E-state index in [0.29, 0.717) is 17.2 Å². The van der Waals surface area contributed by atoms with Crippen molar-refractivity contribution in [3.05, 3.63) is 30.0 Å². The van der Waals surface area contributed by atoms with Crippen LogP contribution in [0.3, 0.4) is 0 Å². The van der Waals surface area contributed by atoms with Crippen molar-refractivity contribution in [3.63, 3.8) is 0 Å². The summed E-state index contributed by atoms with van der Waals surface area (Å²) in [5, 5.41) is 4.07. The molecule has 7 nitrogen and oxygen atoms in total. The Morgan fingerprint density at radius 2 is 2.21 bits per heavy atom. The zero-order chi connectivity index (χ0) is 13.4. The van der Waals surface area contributed by atoms with Crippen LogP contribution in [0, 0.1) is 0 Å². The summed E-state index contributed by atoms with van der Waals surface area (Å²) >= 11 is 0. The summed E-state index contributed by atoms with van der Waals surface area (Å²) in [6.07, 6.45) is 1.37. The number of benzene rings is 1. The van der Waals surface area contributed by atoms with Gasteiger partial charge in [0.2, 0.25) is 6.79 Å². The Bertz CT molecular complexity index is 650. The maximum absolute atomic E-state index is 11.5. The molecule has 0 aliphatic carbocycles. The molecule has 0 saturated carbocycles. The average Bonchev–Trinajstić information content (AvgIpc) is 3.03. The minimum absolute atomic E-state index is 0.195. The first kappa shape index (κ1) is 11.4. The molecule has 2 aromatic rings. The first-order valence-electron chi connectivity index (χ1n) is 5.52. The number of nitrogens with two attached hydrogens (primary N) is 1. The number of fused-ring (bicyclic) bond motifs is 1. The molecule has 1 aliphatic rings. The van der Waals surface area contributed by atoms with Crippen LogP contribution in [-0.4, -0.2) is 29.7 Å². The Hall–Kier alpha value is -2.70. The van der Waals surface area contributed by atoms with Gasteiger partial charge in [-0.3, -0.25) is 0 Å². The molecule has 98 valence electrons. The molecule has 19 heavy (non-hydrogen) atoms. The Morgan fingerprint density at radius 1 is 1.42 bits per heavy atom. The van der Waals surface area contributed by atoms with Crippen LogP contribution < -0.4 is 15.2 Å². The number of nitrogen functional groups attached to an aromatic ring is 1. The van der Waals surface area contributed by atoms with Gasteiger partial charge in [0, 0.05) is 6.07 Å².